The summed E-state index contributed by atoms with van der Waals surface area (Å²) in [6.45, 7) is 0. The highest BCUT2D eigenvalue weighted by Gasteiger charge is 2.16. The van der Waals surface area contributed by atoms with E-state index in [2.05, 4.69) is 27.8 Å². The summed E-state index contributed by atoms with van der Waals surface area (Å²) in [6.07, 6.45) is 9.81. The summed E-state index contributed by atoms with van der Waals surface area (Å²) in [4.78, 5) is 16.3. The maximum Gasteiger partial charge on any atom is 0.293 e. The van der Waals surface area contributed by atoms with Gasteiger partial charge in [0.1, 0.15) is 5.58 Å². The molecule has 0 unspecified atom stereocenters. The summed E-state index contributed by atoms with van der Waals surface area (Å²) in [6, 6.07) is 11.7. The molecule has 0 atom stereocenters. The Morgan fingerprint density at radius 2 is 1.89 bits per heavy atom. The van der Waals surface area contributed by atoms with Crippen molar-refractivity contribution in [3.8, 4) is 0 Å². The lowest BCUT2D eigenvalue weighted by molar-refractivity contribution is 0.0953. The Morgan fingerprint density at radius 3 is 2.63 bits per heavy atom. The fourth-order valence-corrected chi connectivity index (χ4v) is 3.81. The number of hydrogen-bond donors (Lipinski definition) is 2. The van der Waals surface area contributed by atoms with Gasteiger partial charge in [-0.15, -0.1) is 0 Å². The smallest absolute Gasteiger partial charge is 0.293 e. The van der Waals surface area contributed by atoms with Crippen LogP contribution in [0.2, 0.25) is 0 Å². The van der Waals surface area contributed by atoms with Gasteiger partial charge in [-0.05, 0) is 60.8 Å². The number of furan rings is 1. The number of thiocarbonyl (C=S) groups is 1. The lowest BCUT2D eigenvalue weighted by Gasteiger charge is -2.22. The molecule has 1 aliphatic carbocycles. The number of anilines is 1. The van der Waals surface area contributed by atoms with Gasteiger partial charge in [-0.1, -0.05) is 31.4 Å². The quantitative estimate of drug-likeness (QED) is 0.627. The molecule has 4 rings (SSSR count). The number of amides is 1. The first kappa shape index (κ1) is 17.7. The first-order valence-corrected chi connectivity index (χ1v) is 9.66. The molecule has 1 aromatic carbocycles. The molecule has 1 amide bonds. The van der Waals surface area contributed by atoms with Crippen LogP contribution in [0.25, 0.3) is 11.0 Å². The molecule has 0 aliphatic heterocycles. The maximum atomic E-state index is 12.3. The van der Waals surface area contributed by atoms with Crippen molar-refractivity contribution in [2.75, 3.05) is 5.32 Å². The van der Waals surface area contributed by atoms with E-state index < -0.39 is 0 Å². The van der Waals surface area contributed by atoms with Gasteiger partial charge in [0.05, 0.1) is 0 Å². The van der Waals surface area contributed by atoms with Crippen molar-refractivity contribution in [2.45, 2.75) is 38.0 Å². The molecule has 2 N–H and O–H groups in total. The van der Waals surface area contributed by atoms with Gasteiger partial charge in [-0.2, -0.15) is 0 Å². The van der Waals surface area contributed by atoms with Gasteiger partial charge in [0.2, 0.25) is 0 Å². The third-order valence-electron chi connectivity index (χ3n) is 5.01. The van der Waals surface area contributed by atoms with Gasteiger partial charge in [-0.25, -0.2) is 0 Å². The second-order valence-electron chi connectivity index (χ2n) is 6.89. The van der Waals surface area contributed by atoms with Crippen molar-refractivity contribution < 1.29 is 9.21 Å². The monoisotopic (exact) mass is 379 g/mol. The van der Waals surface area contributed by atoms with Crippen LogP contribution in [0.5, 0.6) is 0 Å². The van der Waals surface area contributed by atoms with E-state index in [9.17, 15) is 4.79 Å². The molecule has 6 heteroatoms. The molecule has 1 fully saturated rings. The fraction of sp³-hybridized carbons (Fsp3) is 0.286. The Morgan fingerprint density at radius 1 is 1.11 bits per heavy atom. The minimum atomic E-state index is -0.387. The van der Waals surface area contributed by atoms with Crippen molar-refractivity contribution in [1.29, 1.82) is 0 Å². The SMILES string of the molecule is O=C(NC(=S)Nc1ccc(C2CCCCC2)cc1)c1cc2cnccc2o1. The Bertz CT molecular complexity index is 926. The third-order valence-corrected chi connectivity index (χ3v) is 5.22. The summed E-state index contributed by atoms with van der Waals surface area (Å²) in [5.41, 5.74) is 2.85. The largest absolute Gasteiger partial charge is 0.451 e. The number of aromatic nitrogens is 1. The first-order valence-electron chi connectivity index (χ1n) is 9.25. The highest BCUT2D eigenvalue weighted by Crippen LogP contribution is 2.32. The molecular formula is C21H21N3O2S. The molecule has 2 heterocycles. The van der Waals surface area contributed by atoms with Crippen LogP contribution in [-0.4, -0.2) is 16.0 Å². The zero-order valence-corrected chi connectivity index (χ0v) is 15.7. The van der Waals surface area contributed by atoms with Crippen molar-refractivity contribution >= 4 is 39.9 Å². The predicted molar refractivity (Wildman–Crippen MR) is 110 cm³/mol. The molecule has 5 nitrogen and oxygen atoms in total. The highest BCUT2D eigenvalue weighted by molar-refractivity contribution is 7.80. The van der Waals surface area contributed by atoms with Crippen molar-refractivity contribution in [3.63, 3.8) is 0 Å². The number of rotatable bonds is 3. The van der Waals surface area contributed by atoms with E-state index in [4.69, 9.17) is 16.6 Å². The number of benzene rings is 1. The summed E-state index contributed by atoms with van der Waals surface area (Å²) in [7, 11) is 0. The molecule has 0 spiro atoms. The van der Waals surface area contributed by atoms with Crippen LogP contribution >= 0.6 is 12.2 Å². The molecule has 0 bridgehead atoms. The predicted octanol–water partition coefficient (Wildman–Crippen LogP) is 5.00. The third kappa shape index (κ3) is 4.17. The van der Waals surface area contributed by atoms with Gasteiger partial charge in [0.25, 0.3) is 5.91 Å². The van der Waals surface area contributed by atoms with Crippen LogP contribution < -0.4 is 10.6 Å². The Kier molecular flexibility index (Phi) is 5.16. The summed E-state index contributed by atoms with van der Waals surface area (Å²) < 4.78 is 5.52. The minimum Gasteiger partial charge on any atom is -0.451 e. The number of pyridine rings is 1. The van der Waals surface area contributed by atoms with Gasteiger partial charge in [-0.3, -0.25) is 15.1 Å². The molecule has 3 aromatic rings. The lowest BCUT2D eigenvalue weighted by Crippen LogP contribution is -2.33. The van der Waals surface area contributed by atoms with Crippen LogP contribution in [0.15, 0.2) is 53.2 Å². The number of carbonyl (C=O) groups is 1. The lowest BCUT2D eigenvalue weighted by atomic mass is 9.84. The molecule has 0 saturated heterocycles. The van der Waals surface area contributed by atoms with E-state index in [0.29, 0.717) is 11.5 Å². The van der Waals surface area contributed by atoms with Gasteiger partial charge < -0.3 is 9.73 Å². The minimum absolute atomic E-state index is 0.204. The van der Waals surface area contributed by atoms with Crippen LogP contribution in [0.3, 0.4) is 0 Å². The van der Waals surface area contributed by atoms with Gasteiger partial charge in [0.15, 0.2) is 10.9 Å². The van der Waals surface area contributed by atoms with Crippen molar-refractivity contribution in [1.82, 2.24) is 10.3 Å². The van der Waals surface area contributed by atoms with E-state index in [-0.39, 0.29) is 16.8 Å². The fourth-order valence-electron chi connectivity index (χ4n) is 3.60. The highest BCUT2D eigenvalue weighted by atomic mass is 32.1. The molecule has 2 aromatic heterocycles. The van der Waals surface area contributed by atoms with Crippen LogP contribution in [0.4, 0.5) is 5.69 Å². The molecule has 1 saturated carbocycles. The van der Waals surface area contributed by atoms with Crippen LogP contribution in [-0.2, 0) is 0 Å². The van der Waals surface area contributed by atoms with E-state index in [1.54, 1.807) is 24.5 Å². The Balaban J connectivity index is 1.36. The van der Waals surface area contributed by atoms with Crippen molar-refractivity contribution in [2.24, 2.45) is 0 Å². The Labute approximate surface area is 163 Å². The number of carbonyl (C=O) groups excluding carboxylic acids is 1. The zero-order chi connectivity index (χ0) is 18.6. The molecule has 27 heavy (non-hydrogen) atoms. The second kappa shape index (κ2) is 7.88. The topological polar surface area (TPSA) is 67.2 Å². The first-order chi connectivity index (χ1) is 13.2. The average molecular weight is 379 g/mol. The number of fused-ring (bicyclic) bond motifs is 1. The van der Waals surface area contributed by atoms with Gasteiger partial charge >= 0.3 is 0 Å². The van der Waals surface area contributed by atoms with E-state index in [1.165, 1.54) is 37.7 Å². The van der Waals surface area contributed by atoms with E-state index in [1.807, 2.05) is 12.1 Å². The zero-order valence-electron chi connectivity index (χ0n) is 14.9. The van der Waals surface area contributed by atoms with Crippen LogP contribution in [0, 0.1) is 0 Å². The van der Waals surface area contributed by atoms with Crippen molar-refractivity contribution in [3.05, 3.63) is 60.1 Å². The second-order valence-corrected chi connectivity index (χ2v) is 7.30. The van der Waals surface area contributed by atoms with E-state index >= 15 is 0 Å². The molecule has 0 radical (unpaired) electrons. The average Bonchev–Trinajstić information content (AvgIpc) is 3.14. The van der Waals surface area contributed by atoms with E-state index in [0.717, 1.165) is 11.1 Å². The summed E-state index contributed by atoms with van der Waals surface area (Å²) in [5, 5.41) is 6.72. The molecular weight excluding hydrogens is 358 g/mol. The van der Waals surface area contributed by atoms with Gasteiger partial charge in [0, 0.05) is 23.5 Å². The van der Waals surface area contributed by atoms with Crippen LogP contribution in [0.1, 0.15) is 54.1 Å². The Hall–Kier alpha value is -2.73. The standard InChI is InChI=1S/C21H21N3O2S/c25-20(19-12-16-13-22-11-10-18(16)26-19)24-21(27)23-17-8-6-15(7-9-17)14-4-2-1-3-5-14/h6-14H,1-5H2,(H2,23,24,25,27). The summed E-state index contributed by atoms with van der Waals surface area (Å²) >= 11 is 5.25. The normalized spacial score (nSPS) is 14.8. The summed E-state index contributed by atoms with van der Waals surface area (Å²) in [5.74, 6) is 0.486. The molecule has 138 valence electrons. The number of hydrogen-bond acceptors (Lipinski definition) is 4. The number of nitrogens with one attached hydrogen (secondary N) is 2. The maximum absolute atomic E-state index is 12.3. The number of nitrogens with zero attached hydrogens (tertiary/aromatic N) is 1. The molecule has 1 aliphatic rings.